The van der Waals surface area contributed by atoms with Crippen LogP contribution in [0.25, 0.3) is 0 Å². The fraction of sp³-hybridized carbons (Fsp3) is 0.381. The highest BCUT2D eigenvalue weighted by Crippen LogP contribution is 2.16. The molecule has 2 aromatic carbocycles. The van der Waals surface area contributed by atoms with Crippen molar-refractivity contribution in [2.75, 3.05) is 43.9 Å². The van der Waals surface area contributed by atoms with Crippen LogP contribution in [0.3, 0.4) is 0 Å². The van der Waals surface area contributed by atoms with Gasteiger partial charge in [0.1, 0.15) is 0 Å². The predicted molar refractivity (Wildman–Crippen MR) is 113 cm³/mol. The second-order valence-electron chi connectivity index (χ2n) is 7.17. The van der Waals surface area contributed by atoms with Gasteiger partial charge in [-0.05, 0) is 35.4 Å². The summed E-state index contributed by atoms with van der Waals surface area (Å²) in [6.45, 7) is 4.82. The number of carbonyl (C=O) groups excluding carboxylic acids is 1. The van der Waals surface area contributed by atoms with Gasteiger partial charge in [0.2, 0.25) is 10.0 Å². The Bertz CT molecular complexity index is 921. The lowest BCUT2D eigenvalue weighted by atomic mass is 10.1. The number of ether oxygens (including phenoxy) is 1. The van der Waals surface area contributed by atoms with E-state index in [9.17, 15) is 13.2 Å². The average molecular weight is 418 g/mol. The van der Waals surface area contributed by atoms with Gasteiger partial charge in [0.05, 0.1) is 25.2 Å². The molecule has 2 aromatic rings. The summed E-state index contributed by atoms with van der Waals surface area (Å²) in [6, 6.07) is 14.7. The Morgan fingerprint density at radius 3 is 2.21 bits per heavy atom. The number of nitrogens with one attached hydrogen (secondary N) is 1. The van der Waals surface area contributed by atoms with Crippen LogP contribution in [0.2, 0.25) is 0 Å². The first-order valence-electron chi connectivity index (χ1n) is 9.53. The molecule has 7 nitrogen and oxygen atoms in total. The molecule has 1 amide bonds. The fourth-order valence-electron chi connectivity index (χ4n) is 3.08. The standard InChI is InChI=1S/C21H27N3O4S/c1-23(29(2,26)27)20-9-7-19(8-10-20)21(25)22-15-17-3-5-18(6-4-17)16-24-11-13-28-14-12-24/h3-10H,11-16H2,1-2H3,(H,22,25). The molecule has 0 radical (unpaired) electrons. The zero-order valence-electron chi connectivity index (χ0n) is 16.8. The first kappa shape index (κ1) is 21.3. The molecule has 3 rings (SSSR count). The molecular weight excluding hydrogens is 390 g/mol. The number of rotatable bonds is 7. The molecule has 0 atom stereocenters. The number of morpholine rings is 1. The van der Waals surface area contributed by atoms with Crippen molar-refractivity contribution in [2.45, 2.75) is 13.1 Å². The molecule has 0 bridgehead atoms. The monoisotopic (exact) mass is 417 g/mol. The molecule has 0 aromatic heterocycles. The van der Waals surface area contributed by atoms with E-state index >= 15 is 0 Å². The van der Waals surface area contributed by atoms with Crippen LogP contribution in [0.1, 0.15) is 21.5 Å². The predicted octanol–water partition coefficient (Wildman–Crippen LogP) is 1.84. The van der Waals surface area contributed by atoms with Gasteiger partial charge in [0, 0.05) is 38.8 Å². The molecule has 8 heteroatoms. The Kier molecular flexibility index (Phi) is 6.89. The van der Waals surface area contributed by atoms with E-state index < -0.39 is 10.0 Å². The van der Waals surface area contributed by atoms with Crippen LogP contribution in [0, 0.1) is 0 Å². The summed E-state index contributed by atoms with van der Waals surface area (Å²) >= 11 is 0. The lowest BCUT2D eigenvalue weighted by Crippen LogP contribution is -2.35. The van der Waals surface area contributed by atoms with Crippen molar-refractivity contribution in [1.29, 1.82) is 0 Å². The third-order valence-corrected chi connectivity index (χ3v) is 6.18. The number of anilines is 1. The molecule has 0 unspecified atom stereocenters. The summed E-state index contributed by atoms with van der Waals surface area (Å²) in [7, 11) is -1.85. The third-order valence-electron chi connectivity index (χ3n) is 4.98. The average Bonchev–Trinajstić information content (AvgIpc) is 2.73. The number of carbonyl (C=O) groups is 1. The smallest absolute Gasteiger partial charge is 0.251 e. The lowest BCUT2D eigenvalue weighted by Gasteiger charge is -2.26. The lowest BCUT2D eigenvalue weighted by molar-refractivity contribution is 0.0342. The molecule has 156 valence electrons. The molecule has 1 fully saturated rings. The van der Waals surface area contributed by atoms with Gasteiger partial charge in [-0.2, -0.15) is 0 Å². The summed E-state index contributed by atoms with van der Waals surface area (Å²) in [5, 5.41) is 2.90. The van der Waals surface area contributed by atoms with Crippen LogP contribution in [0.15, 0.2) is 48.5 Å². The Morgan fingerprint density at radius 2 is 1.62 bits per heavy atom. The Labute approximate surface area is 172 Å². The first-order valence-corrected chi connectivity index (χ1v) is 11.4. The number of hydrogen-bond donors (Lipinski definition) is 1. The minimum absolute atomic E-state index is 0.198. The highest BCUT2D eigenvalue weighted by Gasteiger charge is 2.13. The van der Waals surface area contributed by atoms with Crippen molar-refractivity contribution in [3.8, 4) is 0 Å². The third kappa shape index (κ3) is 6.03. The largest absolute Gasteiger partial charge is 0.379 e. The van der Waals surface area contributed by atoms with Gasteiger partial charge in [-0.25, -0.2) is 8.42 Å². The number of nitrogens with zero attached hydrogens (tertiary/aromatic N) is 2. The quantitative estimate of drug-likeness (QED) is 0.744. The molecule has 1 saturated heterocycles. The molecule has 1 aliphatic rings. The van der Waals surface area contributed by atoms with Crippen LogP contribution in [0.4, 0.5) is 5.69 Å². The van der Waals surface area contributed by atoms with Gasteiger partial charge >= 0.3 is 0 Å². The molecule has 1 aliphatic heterocycles. The number of amides is 1. The SMILES string of the molecule is CN(c1ccc(C(=O)NCc2ccc(CN3CCOCC3)cc2)cc1)S(C)(=O)=O. The molecule has 1 N–H and O–H groups in total. The number of benzene rings is 2. The Hall–Kier alpha value is -2.42. The number of hydrogen-bond acceptors (Lipinski definition) is 5. The Morgan fingerprint density at radius 1 is 1.03 bits per heavy atom. The maximum absolute atomic E-state index is 12.4. The van der Waals surface area contributed by atoms with Crippen molar-refractivity contribution < 1.29 is 17.9 Å². The molecule has 0 aliphatic carbocycles. The van der Waals surface area contributed by atoms with Gasteiger partial charge in [-0.1, -0.05) is 24.3 Å². The van der Waals surface area contributed by atoms with E-state index in [2.05, 4.69) is 22.3 Å². The molecule has 1 heterocycles. The van der Waals surface area contributed by atoms with Crippen molar-refractivity contribution in [1.82, 2.24) is 10.2 Å². The van der Waals surface area contributed by atoms with Crippen molar-refractivity contribution >= 4 is 21.6 Å². The van der Waals surface area contributed by atoms with E-state index in [0.717, 1.165) is 44.7 Å². The van der Waals surface area contributed by atoms with Crippen LogP contribution < -0.4 is 9.62 Å². The van der Waals surface area contributed by atoms with E-state index in [1.807, 2.05) is 12.1 Å². The van der Waals surface area contributed by atoms with Gasteiger partial charge in [-0.3, -0.25) is 14.0 Å². The summed E-state index contributed by atoms with van der Waals surface area (Å²) in [5.41, 5.74) is 3.27. The van der Waals surface area contributed by atoms with E-state index in [-0.39, 0.29) is 5.91 Å². The van der Waals surface area contributed by atoms with Crippen LogP contribution in [0.5, 0.6) is 0 Å². The minimum atomic E-state index is -3.32. The topological polar surface area (TPSA) is 79.0 Å². The minimum Gasteiger partial charge on any atom is -0.379 e. The second-order valence-corrected chi connectivity index (χ2v) is 9.18. The van der Waals surface area contributed by atoms with E-state index in [1.165, 1.54) is 16.9 Å². The van der Waals surface area contributed by atoms with Crippen LogP contribution >= 0.6 is 0 Å². The molecule has 0 spiro atoms. The maximum atomic E-state index is 12.4. The summed E-state index contributed by atoms with van der Waals surface area (Å²) in [5.74, 6) is -0.198. The molecular formula is C21H27N3O4S. The highest BCUT2D eigenvalue weighted by molar-refractivity contribution is 7.92. The second kappa shape index (κ2) is 9.39. The van der Waals surface area contributed by atoms with E-state index in [0.29, 0.717) is 17.8 Å². The molecule has 29 heavy (non-hydrogen) atoms. The van der Waals surface area contributed by atoms with Gasteiger partial charge in [-0.15, -0.1) is 0 Å². The van der Waals surface area contributed by atoms with Crippen LogP contribution in [-0.4, -0.2) is 58.8 Å². The van der Waals surface area contributed by atoms with Crippen molar-refractivity contribution in [2.24, 2.45) is 0 Å². The molecule has 0 saturated carbocycles. The van der Waals surface area contributed by atoms with Crippen molar-refractivity contribution in [3.05, 3.63) is 65.2 Å². The van der Waals surface area contributed by atoms with E-state index in [1.54, 1.807) is 24.3 Å². The Balaban J connectivity index is 1.52. The van der Waals surface area contributed by atoms with Gasteiger partial charge in [0.25, 0.3) is 5.91 Å². The summed E-state index contributed by atoms with van der Waals surface area (Å²) < 4.78 is 29.7. The zero-order valence-corrected chi connectivity index (χ0v) is 17.6. The van der Waals surface area contributed by atoms with E-state index in [4.69, 9.17) is 4.74 Å². The summed E-state index contributed by atoms with van der Waals surface area (Å²) in [6.07, 6.45) is 1.14. The van der Waals surface area contributed by atoms with Crippen molar-refractivity contribution in [3.63, 3.8) is 0 Å². The maximum Gasteiger partial charge on any atom is 0.251 e. The zero-order chi connectivity index (χ0) is 20.9. The van der Waals surface area contributed by atoms with Gasteiger partial charge < -0.3 is 10.1 Å². The highest BCUT2D eigenvalue weighted by atomic mass is 32.2. The van der Waals surface area contributed by atoms with Crippen LogP contribution in [-0.2, 0) is 27.8 Å². The first-order chi connectivity index (χ1) is 13.8. The summed E-state index contributed by atoms with van der Waals surface area (Å²) in [4.78, 5) is 14.7. The fourth-order valence-corrected chi connectivity index (χ4v) is 3.58. The normalized spacial score (nSPS) is 15.1. The number of sulfonamides is 1. The van der Waals surface area contributed by atoms with Gasteiger partial charge in [0.15, 0.2) is 0 Å².